The second-order valence-corrected chi connectivity index (χ2v) is 6.62. The molecule has 0 atom stereocenters. The zero-order valence-electron chi connectivity index (χ0n) is 14.6. The maximum Gasteiger partial charge on any atom is 0.409 e. The lowest BCUT2D eigenvalue weighted by Crippen LogP contribution is -2.41. The predicted octanol–water partition coefficient (Wildman–Crippen LogP) is 3.67. The monoisotopic (exact) mass is 357 g/mol. The molecular weight excluding hydrogens is 333 g/mol. The largest absolute Gasteiger partial charge is 0.465 e. The second kappa shape index (κ2) is 8.78. The fraction of sp³-hybridized carbons (Fsp3) is 0.350. The fourth-order valence-corrected chi connectivity index (χ4v) is 3.35. The van der Waals surface area contributed by atoms with Crippen molar-refractivity contribution in [3.05, 3.63) is 65.5 Å². The molecule has 1 saturated heterocycles. The number of likely N-dealkylation sites (tertiary alicyclic amines) is 1. The van der Waals surface area contributed by atoms with Gasteiger partial charge in [0.05, 0.1) is 5.69 Å². The van der Waals surface area contributed by atoms with E-state index in [0.717, 1.165) is 32.5 Å². The van der Waals surface area contributed by atoms with E-state index in [1.165, 1.54) is 11.6 Å². The molecule has 6 heteroatoms. The van der Waals surface area contributed by atoms with E-state index in [9.17, 15) is 9.18 Å². The molecule has 1 aliphatic rings. The number of nitrogens with zero attached hydrogens (tertiary/aromatic N) is 1. The lowest BCUT2D eigenvalue weighted by Gasteiger charge is -2.32. The first kappa shape index (κ1) is 18.4. The van der Waals surface area contributed by atoms with Crippen LogP contribution < -0.4 is 10.6 Å². The molecule has 3 N–H and O–H groups in total. The summed E-state index contributed by atoms with van der Waals surface area (Å²) in [5.74, 6) is -0.551. The van der Waals surface area contributed by atoms with E-state index >= 15 is 0 Å². The highest BCUT2D eigenvalue weighted by Crippen LogP contribution is 2.21. The Bertz CT molecular complexity index is 731. The number of anilines is 1. The van der Waals surface area contributed by atoms with Crippen molar-refractivity contribution in [1.82, 2.24) is 10.2 Å². The van der Waals surface area contributed by atoms with Gasteiger partial charge in [-0.1, -0.05) is 42.5 Å². The summed E-state index contributed by atoms with van der Waals surface area (Å²) < 4.78 is 13.9. The Kier molecular flexibility index (Phi) is 6.20. The molecule has 0 unspecified atom stereocenters. The summed E-state index contributed by atoms with van der Waals surface area (Å²) in [4.78, 5) is 13.3. The first-order valence-corrected chi connectivity index (χ1v) is 8.89. The van der Waals surface area contributed by atoms with Crippen LogP contribution in [0.1, 0.15) is 24.0 Å². The van der Waals surface area contributed by atoms with E-state index in [4.69, 9.17) is 5.11 Å². The maximum atomic E-state index is 13.9. The van der Waals surface area contributed by atoms with Gasteiger partial charge in [-0.25, -0.2) is 9.18 Å². The van der Waals surface area contributed by atoms with Crippen molar-refractivity contribution in [2.75, 3.05) is 18.4 Å². The van der Waals surface area contributed by atoms with E-state index in [2.05, 4.69) is 39.8 Å². The van der Waals surface area contributed by atoms with Gasteiger partial charge in [0.2, 0.25) is 0 Å². The average Bonchev–Trinajstić information content (AvgIpc) is 2.64. The van der Waals surface area contributed by atoms with Crippen LogP contribution in [-0.4, -0.2) is 35.2 Å². The lowest BCUT2D eigenvalue weighted by molar-refractivity contribution is 0.190. The molecule has 0 bridgehead atoms. The van der Waals surface area contributed by atoms with Crippen LogP contribution in [0.25, 0.3) is 0 Å². The molecule has 0 radical (unpaired) electrons. The first-order valence-electron chi connectivity index (χ1n) is 8.89. The van der Waals surface area contributed by atoms with Crippen molar-refractivity contribution in [2.45, 2.75) is 32.0 Å². The number of halogens is 1. The van der Waals surface area contributed by atoms with Crippen molar-refractivity contribution >= 4 is 11.8 Å². The van der Waals surface area contributed by atoms with E-state index < -0.39 is 11.9 Å². The number of piperidine rings is 1. The van der Waals surface area contributed by atoms with Crippen molar-refractivity contribution in [3.8, 4) is 0 Å². The van der Waals surface area contributed by atoms with E-state index in [-0.39, 0.29) is 5.69 Å². The highest BCUT2D eigenvalue weighted by Gasteiger charge is 2.19. The fourth-order valence-electron chi connectivity index (χ4n) is 3.35. The Morgan fingerprint density at radius 2 is 1.85 bits per heavy atom. The van der Waals surface area contributed by atoms with Crippen molar-refractivity contribution in [1.29, 1.82) is 0 Å². The smallest absolute Gasteiger partial charge is 0.409 e. The van der Waals surface area contributed by atoms with Crippen LogP contribution in [0.4, 0.5) is 14.9 Å². The number of hydrogen-bond donors (Lipinski definition) is 3. The molecule has 2 aromatic rings. The molecule has 1 aliphatic heterocycles. The Morgan fingerprint density at radius 1 is 1.12 bits per heavy atom. The number of hydrogen-bond acceptors (Lipinski definition) is 3. The summed E-state index contributed by atoms with van der Waals surface area (Å²) in [7, 11) is 0. The van der Waals surface area contributed by atoms with Crippen LogP contribution >= 0.6 is 0 Å². The molecule has 26 heavy (non-hydrogen) atoms. The third-order valence-electron chi connectivity index (χ3n) is 4.75. The third kappa shape index (κ3) is 5.03. The summed E-state index contributed by atoms with van der Waals surface area (Å²) in [6.07, 6.45) is 0.777. The number of rotatable bonds is 6. The molecule has 0 saturated carbocycles. The molecule has 0 spiro atoms. The Morgan fingerprint density at radius 3 is 2.54 bits per heavy atom. The summed E-state index contributed by atoms with van der Waals surface area (Å²) in [6, 6.07) is 15.4. The number of carbonyl (C=O) groups is 1. The molecular formula is C20H24FN3O2. The number of carboxylic acid groups (broad SMARTS) is 1. The van der Waals surface area contributed by atoms with Gasteiger partial charge in [-0.15, -0.1) is 0 Å². The minimum atomic E-state index is -1.26. The van der Waals surface area contributed by atoms with Gasteiger partial charge in [0, 0.05) is 19.1 Å². The van der Waals surface area contributed by atoms with E-state index in [0.29, 0.717) is 18.2 Å². The second-order valence-electron chi connectivity index (χ2n) is 6.62. The van der Waals surface area contributed by atoms with Crippen molar-refractivity contribution in [3.63, 3.8) is 0 Å². The minimum absolute atomic E-state index is 0.0361. The highest BCUT2D eigenvalue weighted by atomic mass is 19.1. The van der Waals surface area contributed by atoms with Gasteiger partial charge in [-0.2, -0.15) is 0 Å². The number of benzene rings is 2. The first-order chi connectivity index (χ1) is 12.6. The van der Waals surface area contributed by atoms with Crippen LogP contribution in [0.3, 0.4) is 0 Å². The van der Waals surface area contributed by atoms with Gasteiger partial charge >= 0.3 is 6.09 Å². The zero-order valence-corrected chi connectivity index (χ0v) is 14.6. The molecule has 3 rings (SSSR count). The van der Waals surface area contributed by atoms with Gasteiger partial charge in [0.15, 0.2) is 0 Å². The Hall–Kier alpha value is -2.44. The number of amides is 1. The highest BCUT2D eigenvalue weighted by molar-refractivity contribution is 5.84. The van der Waals surface area contributed by atoms with Crippen molar-refractivity contribution in [2.24, 2.45) is 0 Å². The topological polar surface area (TPSA) is 64.6 Å². The van der Waals surface area contributed by atoms with E-state index in [1.807, 2.05) is 6.07 Å². The molecule has 1 amide bonds. The van der Waals surface area contributed by atoms with Gasteiger partial charge in [-0.05, 0) is 43.1 Å². The zero-order chi connectivity index (χ0) is 18.4. The normalized spacial score (nSPS) is 15.7. The quantitative estimate of drug-likeness (QED) is 0.738. The maximum absolute atomic E-state index is 13.9. The molecule has 2 aromatic carbocycles. The molecule has 1 heterocycles. The molecule has 138 valence electrons. The standard InChI is InChI=1S/C20H24FN3O2/c21-18-8-4-7-16(19(18)23-20(25)26)13-22-17-9-11-24(12-10-17)14-15-5-2-1-3-6-15/h1-8,17,22-23H,9-14H2,(H,25,26). The van der Waals surface area contributed by atoms with Crippen LogP contribution in [0.2, 0.25) is 0 Å². The Labute approximate surface area is 152 Å². The van der Waals surface area contributed by atoms with E-state index in [1.54, 1.807) is 12.1 Å². The van der Waals surface area contributed by atoms with Gasteiger partial charge in [0.25, 0.3) is 0 Å². The van der Waals surface area contributed by atoms with Crippen LogP contribution in [0.15, 0.2) is 48.5 Å². The number of para-hydroxylation sites is 1. The molecule has 5 nitrogen and oxygen atoms in total. The lowest BCUT2D eigenvalue weighted by atomic mass is 10.0. The van der Waals surface area contributed by atoms with Gasteiger partial charge < -0.3 is 10.4 Å². The molecule has 0 aliphatic carbocycles. The summed E-state index contributed by atoms with van der Waals surface area (Å²) in [6.45, 7) is 3.42. The SMILES string of the molecule is O=C(O)Nc1c(F)cccc1CNC1CCN(Cc2ccccc2)CC1. The summed E-state index contributed by atoms with van der Waals surface area (Å²) >= 11 is 0. The molecule has 1 fully saturated rings. The minimum Gasteiger partial charge on any atom is -0.465 e. The van der Waals surface area contributed by atoms with Crippen LogP contribution in [0, 0.1) is 5.82 Å². The van der Waals surface area contributed by atoms with Crippen LogP contribution in [-0.2, 0) is 13.1 Å². The predicted molar refractivity (Wildman–Crippen MR) is 99.6 cm³/mol. The molecule has 0 aromatic heterocycles. The Balaban J connectivity index is 1.50. The average molecular weight is 357 g/mol. The van der Waals surface area contributed by atoms with Crippen molar-refractivity contribution < 1.29 is 14.3 Å². The van der Waals surface area contributed by atoms with Gasteiger partial charge in [0.1, 0.15) is 5.82 Å². The third-order valence-corrected chi connectivity index (χ3v) is 4.75. The summed E-state index contributed by atoms with van der Waals surface area (Å²) in [5.41, 5.74) is 1.98. The van der Waals surface area contributed by atoms with Gasteiger partial charge in [-0.3, -0.25) is 10.2 Å². The number of nitrogens with one attached hydrogen (secondary N) is 2. The van der Waals surface area contributed by atoms with Crippen LogP contribution in [0.5, 0.6) is 0 Å². The summed E-state index contributed by atoms with van der Waals surface area (Å²) in [5, 5.41) is 14.5.